The van der Waals surface area contributed by atoms with Crippen molar-refractivity contribution in [2.75, 3.05) is 44.2 Å². The molecule has 0 unspecified atom stereocenters. The van der Waals surface area contributed by atoms with Gasteiger partial charge in [0.25, 0.3) is 5.91 Å². The number of carbonyl (C=O) groups is 2. The Hall–Kier alpha value is -2.28. The van der Waals surface area contributed by atoms with E-state index in [-0.39, 0.29) is 23.5 Å². The van der Waals surface area contributed by atoms with E-state index in [1.165, 1.54) is 25.7 Å². The zero-order valence-electron chi connectivity index (χ0n) is 20.6. The molecule has 3 aliphatic rings. The largest absolute Gasteiger partial charge is 0.371 e. The molecule has 4 rings (SSSR count). The molecule has 0 atom stereocenters. The van der Waals surface area contributed by atoms with Gasteiger partial charge in [-0.2, -0.15) is 0 Å². The molecule has 2 saturated heterocycles. The smallest absolute Gasteiger partial charge is 0.315 e. The lowest BCUT2D eigenvalue weighted by Gasteiger charge is -2.39. The third-order valence-electron chi connectivity index (χ3n) is 7.24. The highest BCUT2D eigenvalue weighted by molar-refractivity contribution is 6.00. The van der Waals surface area contributed by atoms with E-state index in [9.17, 15) is 9.59 Å². The average Bonchev–Trinajstić information content (AvgIpc) is 3.33. The normalized spacial score (nSPS) is 21.3. The van der Waals surface area contributed by atoms with Gasteiger partial charge in [-0.05, 0) is 58.6 Å². The summed E-state index contributed by atoms with van der Waals surface area (Å²) in [6, 6.07) is 8.82. The predicted molar refractivity (Wildman–Crippen MR) is 133 cm³/mol. The van der Waals surface area contributed by atoms with Crippen LogP contribution in [-0.2, 0) is 0 Å². The summed E-state index contributed by atoms with van der Waals surface area (Å²) in [4.78, 5) is 32.6. The lowest BCUT2D eigenvalue weighted by molar-refractivity contribution is 0.0574. The van der Waals surface area contributed by atoms with E-state index in [4.69, 9.17) is 0 Å². The summed E-state index contributed by atoms with van der Waals surface area (Å²) in [6.07, 6.45) is 7.09. The predicted octanol–water partition coefficient (Wildman–Crippen LogP) is 3.45. The highest BCUT2D eigenvalue weighted by atomic mass is 16.2. The van der Waals surface area contributed by atoms with Crippen LogP contribution in [0.4, 0.5) is 10.5 Å². The Balaban J connectivity index is 1.32. The molecule has 0 radical (unpaired) electrons. The van der Waals surface area contributed by atoms with Crippen molar-refractivity contribution in [3.8, 4) is 0 Å². The van der Waals surface area contributed by atoms with Crippen LogP contribution in [-0.4, -0.2) is 78.6 Å². The summed E-state index contributed by atoms with van der Waals surface area (Å²) in [5.74, 6) is 0.154. The van der Waals surface area contributed by atoms with Crippen LogP contribution in [0, 0.1) is 0 Å². The molecule has 0 spiro atoms. The Morgan fingerprint density at radius 3 is 2.15 bits per heavy atom. The van der Waals surface area contributed by atoms with Gasteiger partial charge in [0.2, 0.25) is 0 Å². The minimum Gasteiger partial charge on any atom is -0.371 e. The monoisotopic (exact) mass is 455 g/mol. The molecule has 1 saturated carbocycles. The summed E-state index contributed by atoms with van der Waals surface area (Å²) in [5.41, 5.74) is 1.59. The molecule has 2 heterocycles. The molecule has 0 bridgehead atoms. The highest BCUT2D eigenvalue weighted by Crippen LogP contribution is 2.27. The first-order valence-corrected chi connectivity index (χ1v) is 12.8. The Kier molecular flexibility index (Phi) is 7.47. The number of hydrogen-bond donors (Lipinski definition) is 2. The number of nitrogens with one attached hydrogen (secondary N) is 2. The van der Waals surface area contributed by atoms with Gasteiger partial charge in [0, 0.05) is 62.6 Å². The van der Waals surface area contributed by atoms with E-state index >= 15 is 0 Å². The number of rotatable bonds is 4. The standard InChI is InChI=1S/C26H41N5O2/c1-26(2,3)28-25(33)27-20-12-14-30(15-13-20)23-11-7-6-10-22(23)24(32)31-18-16-29(17-19-31)21-8-4-5-9-21/h6-7,10-11,20-21H,4-5,8-9,12-19H2,1-3H3,(H2,27,28,33). The van der Waals surface area contributed by atoms with Crippen molar-refractivity contribution >= 4 is 17.6 Å². The van der Waals surface area contributed by atoms with E-state index in [0.717, 1.165) is 69.4 Å². The average molecular weight is 456 g/mol. The molecular weight excluding hydrogens is 414 g/mol. The van der Waals surface area contributed by atoms with Gasteiger partial charge < -0.3 is 20.4 Å². The van der Waals surface area contributed by atoms with Crippen molar-refractivity contribution < 1.29 is 9.59 Å². The van der Waals surface area contributed by atoms with Crippen molar-refractivity contribution in [2.45, 2.75) is 76.9 Å². The topological polar surface area (TPSA) is 67.9 Å². The van der Waals surface area contributed by atoms with Gasteiger partial charge in [0.1, 0.15) is 0 Å². The van der Waals surface area contributed by atoms with Crippen molar-refractivity contribution in [2.24, 2.45) is 0 Å². The van der Waals surface area contributed by atoms with Crippen LogP contribution in [0.15, 0.2) is 24.3 Å². The molecule has 7 heteroatoms. The Labute approximate surface area is 198 Å². The second-order valence-electron chi connectivity index (χ2n) is 10.9. The van der Waals surface area contributed by atoms with Gasteiger partial charge in [-0.15, -0.1) is 0 Å². The Morgan fingerprint density at radius 1 is 0.879 bits per heavy atom. The number of anilines is 1. The first-order chi connectivity index (χ1) is 15.8. The summed E-state index contributed by atoms with van der Waals surface area (Å²) in [6.45, 7) is 11.2. The van der Waals surface area contributed by atoms with Crippen LogP contribution >= 0.6 is 0 Å². The molecule has 33 heavy (non-hydrogen) atoms. The zero-order chi connectivity index (χ0) is 23.4. The molecule has 2 N–H and O–H groups in total. The number of hydrogen-bond acceptors (Lipinski definition) is 4. The summed E-state index contributed by atoms with van der Waals surface area (Å²) < 4.78 is 0. The SMILES string of the molecule is CC(C)(C)NC(=O)NC1CCN(c2ccccc2C(=O)N2CCN(C3CCCC3)CC2)CC1. The number of benzene rings is 1. The first-order valence-electron chi connectivity index (χ1n) is 12.8. The maximum absolute atomic E-state index is 13.4. The molecule has 3 amide bonds. The van der Waals surface area contributed by atoms with Crippen LogP contribution in [0.3, 0.4) is 0 Å². The van der Waals surface area contributed by atoms with Gasteiger partial charge in [-0.25, -0.2) is 4.79 Å². The molecule has 3 fully saturated rings. The number of nitrogens with zero attached hydrogens (tertiary/aromatic N) is 3. The molecule has 1 aromatic carbocycles. The number of piperidine rings is 1. The first kappa shape index (κ1) is 23.9. The minimum absolute atomic E-state index is 0.103. The second kappa shape index (κ2) is 10.3. The minimum atomic E-state index is -0.243. The van der Waals surface area contributed by atoms with Gasteiger partial charge in [0.15, 0.2) is 0 Å². The Bertz CT molecular complexity index is 814. The maximum Gasteiger partial charge on any atom is 0.315 e. The van der Waals surface area contributed by atoms with Crippen LogP contribution in [0.2, 0.25) is 0 Å². The van der Waals surface area contributed by atoms with E-state index < -0.39 is 0 Å². The van der Waals surface area contributed by atoms with Crippen molar-refractivity contribution in [3.05, 3.63) is 29.8 Å². The van der Waals surface area contributed by atoms with E-state index in [1.54, 1.807) is 0 Å². The molecule has 182 valence electrons. The van der Waals surface area contributed by atoms with Crippen molar-refractivity contribution in [1.29, 1.82) is 0 Å². The van der Waals surface area contributed by atoms with E-state index in [2.05, 4.69) is 26.5 Å². The van der Waals surface area contributed by atoms with Crippen LogP contribution in [0.25, 0.3) is 0 Å². The Morgan fingerprint density at radius 2 is 1.52 bits per heavy atom. The quantitative estimate of drug-likeness (QED) is 0.730. The third-order valence-corrected chi connectivity index (χ3v) is 7.24. The molecular formula is C26H41N5O2. The van der Waals surface area contributed by atoms with Crippen LogP contribution in [0.5, 0.6) is 0 Å². The van der Waals surface area contributed by atoms with Crippen LogP contribution in [0.1, 0.15) is 69.7 Å². The van der Waals surface area contributed by atoms with Gasteiger partial charge in [-0.3, -0.25) is 9.69 Å². The number of para-hydroxylation sites is 1. The lowest BCUT2D eigenvalue weighted by atomic mass is 10.0. The van der Waals surface area contributed by atoms with E-state index in [1.807, 2.05) is 43.9 Å². The fraction of sp³-hybridized carbons (Fsp3) is 0.692. The molecule has 7 nitrogen and oxygen atoms in total. The van der Waals surface area contributed by atoms with Crippen LogP contribution < -0.4 is 15.5 Å². The summed E-state index contributed by atoms with van der Waals surface area (Å²) in [5, 5.41) is 6.08. The number of urea groups is 1. The molecule has 1 aliphatic carbocycles. The van der Waals surface area contributed by atoms with Crippen molar-refractivity contribution in [3.63, 3.8) is 0 Å². The number of piperazine rings is 1. The molecule has 2 aliphatic heterocycles. The summed E-state index contributed by atoms with van der Waals surface area (Å²) >= 11 is 0. The van der Waals surface area contributed by atoms with Gasteiger partial charge in [-0.1, -0.05) is 25.0 Å². The second-order valence-corrected chi connectivity index (χ2v) is 10.9. The lowest BCUT2D eigenvalue weighted by Crippen LogP contribution is -2.52. The van der Waals surface area contributed by atoms with Gasteiger partial charge in [0.05, 0.1) is 5.56 Å². The highest BCUT2D eigenvalue weighted by Gasteiger charge is 2.30. The molecule has 0 aromatic heterocycles. The van der Waals surface area contributed by atoms with E-state index in [0.29, 0.717) is 0 Å². The zero-order valence-corrected chi connectivity index (χ0v) is 20.6. The third kappa shape index (κ3) is 6.19. The number of carbonyl (C=O) groups excluding carboxylic acids is 2. The summed E-state index contributed by atoms with van der Waals surface area (Å²) in [7, 11) is 0. The fourth-order valence-corrected chi connectivity index (χ4v) is 5.49. The molecule has 1 aromatic rings. The fourth-order valence-electron chi connectivity index (χ4n) is 5.49. The van der Waals surface area contributed by atoms with Gasteiger partial charge >= 0.3 is 6.03 Å². The van der Waals surface area contributed by atoms with Crippen molar-refractivity contribution in [1.82, 2.24) is 20.4 Å². The number of amides is 3. The maximum atomic E-state index is 13.4.